The molecule has 1 aromatic heterocycles. The molecule has 2 fully saturated rings. The number of rotatable bonds is 3. The van der Waals surface area contributed by atoms with Gasteiger partial charge in [0.2, 0.25) is 0 Å². The average molecular weight is 273 g/mol. The average Bonchev–Trinajstić information content (AvgIpc) is 2.49. The van der Waals surface area contributed by atoms with Crippen molar-refractivity contribution in [1.82, 2.24) is 14.8 Å². The summed E-state index contributed by atoms with van der Waals surface area (Å²) in [5.74, 6) is 0.931. The largest absolute Gasteiger partial charge is 0.298 e. The van der Waals surface area contributed by atoms with Crippen LogP contribution < -0.4 is 0 Å². The van der Waals surface area contributed by atoms with Crippen molar-refractivity contribution in [2.24, 2.45) is 5.92 Å². The molecule has 20 heavy (non-hydrogen) atoms. The van der Waals surface area contributed by atoms with Crippen LogP contribution >= 0.6 is 0 Å². The van der Waals surface area contributed by atoms with Crippen LogP contribution in [0.1, 0.15) is 38.3 Å². The SMILES string of the molecule is C[C@@H]1CCC[C@H](N2CCN(Cc3ccccn3)CC2)C1. The van der Waals surface area contributed by atoms with Gasteiger partial charge in [0.25, 0.3) is 0 Å². The van der Waals surface area contributed by atoms with E-state index < -0.39 is 0 Å². The Hall–Kier alpha value is -0.930. The van der Waals surface area contributed by atoms with Gasteiger partial charge in [0.1, 0.15) is 0 Å². The molecule has 2 aliphatic rings. The first kappa shape index (κ1) is 14.0. The van der Waals surface area contributed by atoms with Gasteiger partial charge in [-0.05, 0) is 30.9 Å². The van der Waals surface area contributed by atoms with Gasteiger partial charge in [-0.1, -0.05) is 25.8 Å². The van der Waals surface area contributed by atoms with Crippen LogP contribution in [-0.2, 0) is 6.54 Å². The molecule has 2 atom stereocenters. The maximum absolute atomic E-state index is 4.44. The van der Waals surface area contributed by atoms with Crippen LogP contribution in [0.4, 0.5) is 0 Å². The highest BCUT2D eigenvalue weighted by Gasteiger charge is 2.27. The molecular formula is C17H27N3. The van der Waals surface area contributed by atoms with Crippen LogP contribution in [0.5, 0.6) is 0 Å². The quantitative estimate of drug-likeness (QED) is 0.844. The van der Waals surface area contributed by atoms with Crippen LogP contribution in [0.3, 0.4) is 0 Å². The van der Waals surface area contributed by atoms with Gasteiger partial charge in [-0.2, -0.15) is 0 Å². The van der Waals surface area contributed by atoms with E-state index in [4.69, 9.17) is 0 Å². The summed E-state index contributed by atoms with van der Waals surface area (Å²) in [6, 6.07) is 7.07. The third-order valence-electron chi connectivity index (χ3n) is 4.94. The lowest BCUT2D eigenvalue weighted by atomic mass is 9.86. The maximum Gasteiger partial charge on any atom is 0.0543 e. The Labute approximate surface area is 123 Å². The molecule has 0 unspecified atom stereocenters. The first-order valence-electron chi connectivity index (χ1n) is 8.17. The van der Waals surface area contributed by atoms with Crippen molar-refractivity contribution in [3.8, 4) is 0 Å². The van der Waals surface area contributed by atoms with Crippen molar-refractivity contribution < 1.29 is 0 Å². The zero-order valence-corrected chi connectivity index (χ0v) is 12.7. The predicted molar refractivity (Wildman–Crippen MR) is 82.5 cm³/mol. The number of nitrogens with zero attached hydrogens (tertiary/aromatic N) is 3. The van der Waals surface area contributed by atoms with Crippen molar-refractivity contribution in [2.45, 2.75) is 45.2 Å². The van der Waals surface area contributed by atoms with Crippen LogP contribution in [0.15, 0.2) is 24.4 Å². The van der Waals surface area contributed by atoms with E-state index in [1.54, 1.807) is 0 Å². The summed E-state index contributed by atoms with van der Waals surface area (Å²) in [6.45, 7) is 8.30. The van der Waals surface area contributed by atoms with E-state index >= 15 is 0 Å². The van der Waals surface area contributed by atoms with Gasteiger partial charge in [-0.25, -0.2) is 0 Å². The smallest absolute Gasteiger partial charge is 0.0543 e. The number of hydrogen-bond acceptors (Lipinski definition) is 3. The minimum absolute atomic E-state index is 0.857. The fraction of sp³-hybridized carbons (Fsp3) is 0.706. The van der Waals surface area contributed by atoms with E-state index in [0.29, 0.717) is 0 Å². The molecule has 3 rings (SSSR count). The second kappa shape index (κ2) is 6.68. The Morgan fingerprint density at radius 2 is 2.00 bits per heavy atom. The Morgan fingerprint density at radius 1 is 1.15 bits per heavy atom. The first-order valence-corrected chi connectivity index (χ1v) is 8.17. The van der Waals surface area contributed by atoms with Crippen LogP contribution in [-0.4, -0.2) is 47.0 Å². The zero-order valence-electron chi connectivity index (χ0n) is 12.7. The van der Waals surface area contributed by atoms with Crippen molar-refractivity contribution in [1.29, 1.82) is 0 Å². The highest BCUT2D eigenvalue weighted by molar-refractivity contribution is 5.03. The first-order chi connectivity index (χ1) is 9.81. The fourth-order valence-electron chi connectivity index (χ4n) is 3.74. The molecule has 0 bridgehead atoms. The van der Waals surface area contributed by atoms with Gasteiger partial charge in [-0.3, -0.25) is 14.8 Å². The maximum atomic E-state index is 4.44. The van der Waals surface area contributed by atoms with E-state index in [9.17, 15) is 0 Å². The summed E-state index contributed by atoms with van der Waals surface area (Å²) in [5, 5.41) is 0. The molecule has 3 nitrogen and oxygen atoms in total. The zero-order chi connectivity index (χ0) is 13.8. The van der Waals surface area contributed by atoms with Gasteiger partial charge < -0.3 is 0 Å². The second-order valence-corrected chi connectivity index (χ2v) is 6.56. The van der Waals surface area contributed by atoms with Gasteiger partial charge in [0, 0.05) is 45.0 Å². The predicted octanol–water partition coefficient (Wildman–Crippen LogP) is 2.78. The minimum atomic E-state index is 0.857. The summed E-state index contributed by atoms with van der Waals surface area (Å²) < 4.78 is 0. The molecule has 3 heteroatoms. The summed E-state index contributed by atoms with van der Waals surface area (Å²) in [6.07, 6.45) is 7.61. The molecule has 0 spiro atoms. The summed E-state index contributed by atoms with van der Waals surface area (Å²) in [4.78, 5) is 9.72. The summed E-state index contributed by atoms with van der Waals surface area (Å²) in [7, 11) is 0. The van der Waals surface area contributed by atoms with Gasteiger partial charge >= 0.3 is 0 Å². The van der Waals surface area contributed by atoms with Gasteiger partial charge in [-0.15, -0.1) is 0 Å². The third kappa shape index (κ3) is 3.58. The lowest BCUT2D eigenvalue weighted by Gasteiger charge is -2.42. The molecule has 2 heterocycles. The molecule has 0 N–H and O–H groups in total. The number of piperazine rings is 1. The summed E-state index contributed by atoms with van der Waals surface area (Å²) in [5.41, 5.74) is 1.20. The van der Waals surface area contributed by atoms with E-state index in [2.05, 4.69) is 33.8 Å². The molecule has 0 radical (unpaired) electrons. The normalized spacial score (nSPS) is 29.4. The third-order valence-corrected chi connectivity index (χ3v) is 4.94. The van der Waals surface area contributed by atoms with Crippen molar-refractivity contribution >= 4 is 0 Å². The highest BCUT2D eigenvalue weighted by atomic mass is 15.3. The monoisotopic (exact) mass is 273 g/mol. The second-order valence-electron chi connectivity index (χ2n) is 6.56. The Bertz CT molecular complexity index is 398. The molecule has 1 aromatic rings. The number of aromatic nitrogens is 1. The fourth-order valence-corrected chi connectivity index (χ4v) is 3.74. The van der Waals surface area contributed by atoms with Crippen molar-refractivity contribution in [2.75, 3.05) is 26.2 Å². The standard InChI is InChI=1S/C17H27N3/c1-15-5-4-7-17(13-15)20-11-9-19(10-12-20)14-16-6-2-3-8-18-16/h2-3,6,8,15,17H,4-5,7,9-14H2,1H3/t15-,17+/m1/s1. The van der Waals surface area contributed by atoms with Crippen LogP contribution in [0.2, 0.25) is 0 Å². The van der Waals surface area contributed by atoms with E-state index in [0.717, 1.165) is 18.5 Å². The van der Waals surface area contributed by atoms with Crippen molar-refractivity contribution in [3.05, 3.63) is 30.1 Å². The Kier molecular flexibility index (Phi) is 4.69. The minimum Gasteiger partial charge on any atom is -0.298 e. The molecule has 1 saturated heterocycles. The van der Waals surface area contributed by atoms with Crippen molar-refractivity contribution in [3.63, 3.8) is 0 Å². The van der Waals surface area contributed by atoms with Gasteiger partial charge in [0.05, 0.1) is 5.69 Å². The topological polar surface area (TPSA) is 19.4 Å². The van der Waals surface area contributed by atoms with Crippen LogP contribution in [0, 0.1) is 5.92 Å². The molecular weight excluding hydrogens is 246 g/mol. The summed E-state index contributed by atoms with van der Waals surface area (Å²) >= 11 is 0. The van der Waals surface area contributed by atoms with Crippen LogP contribution in [0.25, 0.3) is 0 Å². The van der Waals surface area contributed by atoms with E-state index in [1.165, 1.54) is 57.6 Å². The highest BCUT2D eigenvalue weighted by Crippen LogP contribution is 2.27. The van der Waals surface area contributed by atoms with E-state index in [1.807, 2.05) is 12.3 Å². The molecule has 1 saturated carbocycles. The lowest BCUT2D eigenvalue weighted by Crippen LogP contribution is -2.51. The Morgan fingerprint density at radius 3 is 2.70 bits per heavy atom. The number of pyridine rings is 1. The molecule has 0 amide bonds. The lowest BCUT2D eigenvalue weighted by molar-refractivity contribution is 0.0654. The molecule has 1 aliphatic carbocycles. The van der Waals surface area contributed by atoms with E-state index in [-0.39, 0.29) is 0 Å². The molecule has 1 aliphatic heterocycles. The molecule has 0 aromatic carbocycles. The molecule has 110 valence electrons. The number of hydrogen-bond donors (Lipinski definition) is 0. The Balaban J connectivity index is 1.47. The van der Waals surface area contributed by atoms with Gasteiger partial charge in [0.15, 0.2) is 0 Å².